The van der Waals surface area contributed by atoms with Crippen molar-refractivity contribution in [2.45, 2.75) is 26.3 Å². The molecule has 2 saturated heterocycles. The highest BCUT2D eigenvalue weighted by molar-refractivity contribution is 6.35. The fourth-order valence-corrected chi connectivity index (χ4v) is 4.85. The number of aromatic amines is 1. The molecular formula is C20H28ClN3O. The van der Waals surface area contributed by atoms with E-state index >= 15 is 0 Å². The number of aliphatic hydroxyl groups excluding tert-OH is 1. The third-order valence-corrected chi connectivity index (χ3v) is 6.42. The molecule has 0 unspecified atom stereocenters. The van der Waals surface area contributed by atoms with Crippen molar-refractivity contribution < 1.29 is 5.11 Å². The average molecular weight is 362 g/mol. The summed E-state index contributed by atoms with van der Waals surface area (Å²) in [5.74, 6) is 0.977. The lowest BCUT2D eigenvalue weighted by atomic mass is 9.96. The highest BCUT2D eigenvalue weighted by atomic mass is 35.5. The third kappa shape index (κ3) is 3.45. The average Bonchev–Trinajstić information content (AvgIpc) is 3.31. The van der Waals surface area contributed by atoms with Gasteiger partial charge in [0.2, 0.25) is 0 Å². The van der Waals surface area contributed by atoms with E-state index in [4.69, 9.17) is 11.6 Å². The number of aryl methyl sites for hydroxylation is 1. The van der Waals surface area contributed by atoms with Gasteiger partial charge in [0.1, 0.15) is 0 Å². The van der Waals surface area contributed by atoms with Crippen LogP contribution in [0.4, 0.5) is 0 Å². The van der Waals surface area contributed by atoms with Gasteiger partial charge in [0.15, 0.2) is 0 Å². The minimum Gasteiger partial charge on any atom is -0.396 e. The Bertz CT molecular complexity index is 738. The predicted molar refractivity (Wildman–Crippen MR) is 103 cm³/mol. The molecule has 4 nitrogen and oxygen atoms in total. The Balaban J connectivity index is 1.47. The minimum atomic E-state index is 0.298. The summed E-state index contributed by atoms with van der Waals surface area (Å²) in [5.41, 5.74) is 3.59. The molecule has 0 spiro atoms. The Kier molecular flexibility index (Phi) is 5.05. The van der Waals surface area contributed by atoms with Gasteiger partial charge in [0.25, 0.3) is 0 Å². The second kappa shape index (κ2) is 7.28. The molecule has 2 aliphatic heterocycles. The summed E-state index contributed by atoms with van der Waals surface area (Å²) in [6, 6.07) is 6.08. The molecule has 1 aromatic heterocycles. The molecule has 2 atom stereocenters. The van der Waals surface area contributed by atoms with Crippen molar-refractivity contribution in [3.63, 3.8) is 0 Å². The summed E-state index contributed by atoms with van der Waals surface area (Å²) in [7, 11) is 0. The molecule has 0 radical (unpaired) electrons. The second-order valence-electron chi connectivity index (χ2n) is 7.80. The number of nitrogens with zero attached hydrogens (tertiary/aromatic N) is 2. The first kappa shape index (κ1) is 17.3. The van der Waals surface area contributed by atoms with Crippen molar-refractivity contribution in [3.8, 4) is 0 Å². The summed E-state index contributed by atoms with van der Waals surface area (Å²) >= 11 is 6.34. The maximum atomic E-state index is 9.83. The first-order valence-electron chi connectivity index (χ1n) is 9.47. The van der Waals surface area contributed by atoms with E-state index in [0.29, 0.717) is 18.4 Å². The first-order chi connectivity index (χ1) is 12.2. The van der Waals surface area contributed by atoms with Crippen LogP contribution in [-0.2, 0) is 6.54 Å². The summed E-state index contributed by atoms with van der Waals surface area (Å²) in [4.78, 5) is 8.60. The monoisotopic (exact) mass is 361 g/mol. The van der Waals surface area contributed by atoms with Crippen LogP contribution < -0.4 is 0 Å². The standard InChI is InChI=1S/C20H28ClN3O/c1-14-17-5-4-6-18(21)20(17)22-19(14)12-24-10-15(16(11-24)13-25)9-23-7-2-3-8-23/h4-6,15-16,22,25H,2-3,7-13H2,1H3/t15-,16-/m1/s1. The molecule has 3 heterocycles. The van der Waals surface area contributed by atoms with E-state index in [1.54, 1.807) is 0 Å². The normalized spacial score (nSPS) is 25.4. The molecule has 4 rings (SSSR count). The smallest absolute Gasteiger partial charge is 0.0648 e. The molecule has 1 aromatic carbocycles. The van der Waals surface area contributed by atoms with E-state index < -0.39 is 0 Å². The van der Waals surface area contributed by atoms with Crippen LogP contribution in [0, 0.1) is 18.8 Å². The summed E-state index contributed by atoms with van der Waals surface area (Å²) in [6.45, 7) is 9.03. The Morgan fingerprint density at radius 1 is 1.16 bits per heavy atom. The molecule has 2 aromatic rings. The Morgan fingerprint density at radius 2 is 1.92 bits per heavy atom. The Labute approximate surface area is 154 Å². The zero-order valence-corrected chi connectivity index (χ0v) is 15.7. The third-order valence-electron chi connectivity index (χ3n) is 6.11. The summed E-state index contributed by atoms with van der Waals surface area (Å²) in [6.07, 6.45) is 2.66. The van der Waals surface area contributed by atoms with Gasteiger partial charge in [-0.15, -0.1) is 0 Å². The molecule has 136 valence electrons. The lowest BCUT2D eigenvalue weighted by Crippen LogP contribution is -2.31. The van der Waals surface area contributed by atoms with Gasteiger partial charge in [0.05, 0.1) is 10.5 Å². The van der Waals surface area contributed by atoms with Crippen LogP contribution >= 0.6 is 11.6 Å². The quantitative estimate of drug-likeness (QED) is 0.859. The summed E-state index contributed by atoms with van der Waals surface area (Å²) < 4.78 is 0. The molecule has 0 bridgehead atoms. The second-order valence-corrected chi connectivity index (χ2v) is 8.20. The number of likely N-dealkylation sites (tertiary alicyclic amines) is 2. The van der Waals surface area contributed by atoms with E-state index in [1.165, 1.54) is 42.6 Å². The number of halogens is 1. The van der Waals surface area contributed by atoms with Gasteiger partial charge in [-0.1, -0.05) is 23.7 Å². The molecular weight excluding hydrogens is 334 g/mol. The number of para-hydroxylation sites is 1. The van der Waals surface area contributed by atoms with Gasteiger partial charge < -0.3 is 15.0 Å². The molecule has 0 aliphatic carbocycles. The number of hydrogen-bond donors (Lipinski definition) is 2. The number of hydrogen-bond acceptors (Lipinski definition) is 3. The fraction of sp³-hybridized carbons (Fsp3) is 0.600. The number of aliphatic hydroxyl groups is 1. The highest BCUT2D eigenvalue weighted by Gasteiger charge is 2.34. The largest absolute Gasteiger partial charge is 0.396 e. The maximum Gasteiger partial charge on any atom is 0.0648 e. The van der Waals surface area contributed by atoms with E-state index in [1.807, 2.05) is 12.1 Å². The maximum absolute atomic E-state index is 9.83. The number of H-pyrrole nitrogens is 1. The Hall–Kier alpha value is -1.07. The van der Waals surface area contributed by atoms with Gasteiger partial charge in [-0.05, 0) is 56.3 Å². The van der Waals surface area contributed by atoms with Crippen molar-refractivity contribution in [3.05, 3.63) is 34.5 Å². The van der Waals surface area contributed by atoms with E-state index in [0.717, 1.165) is 36.7 Å². The van der Waals surface area contributed by atoms with E-state index in [2.05, 4.69) is 27.8 Å². The zero-order valence-electron chi connectivity index (χ0n) is 15.0. The Morgan fingerprint density at radius 3 is 2.64 bits per heavy atom. The van der Waals surface area contributed by atoms with Crippen molar-refractivity contribution in [2.75, 3.05) is 39.3 Å². The van der Waals surface area contributed by atoms with Crippen LogP contribution in [0.5, 0.6) is 0 Å². The number of rotatable bonds is 5. The molecule has 2 fully saturated rings. The lowest BCUT2D eigenvalue weighted by molar-refractivity contribution is 0.175. The summed E-state index contributed by atoms with van der Waals surface area (Å²) in [5, 5.41) is 11.8. The van der Waals surface area contributed by atoms with Crippen LogP contribution in [0.2, 0.25) is 5.02 Å². The minimum absolute atomic E-state index is 0.298. The highest BCUT2D eigenvalue weighted by Crippen LogP contribution is 2.31. The van der Waals surface area contributed by atoms with Crippen molar-refractivity contribution in [1.82, 2.24) is 14.8 Å². The van der Waals surface area contributed by atoms with E-state index in [-0.39, 0.29) is 0 Å². The van der Waals surface area contributed by atoms with E-state index in [9.17, 15) is 5.11 Å². The molecule has 0 amide bonds. The fourth-order valence-electron chi connectivity index (χ4n) is 4.63. The van der Waals surface area contributed by atoms with Gasteiger partial charge in [-0.3, -0.25) is 4.90 Å². The number of fused-ring (bicyclic) bond motifs is 1. The molecule has 2 aliphatic rings. The predicted octanol–water partition coefficient (Wildman–Crippen LogP) is 3.27. The number of aromatic nitrogens is 1. The zero-order chi connectivity index (χ0) is 17.4. The van der Waals surface area contributed by atoms with Crippen LogP contribution in [-0.4, -0.2) is 59.2 Å². The van der Waals surface area contributed by atoms with Crippen LogP contribution in [0.25, 0.3) is 10.9 Å². The van der Waals surface area contributed by atoms with Crippen LogP contribution in [0.15, 0.2) is 18.2 Å². The molecule has 5 heteroatoms. The van der Waals surface area contributed by atoms with Crippen molar-refractivity contribution in [1.29, 1.82) is 0 Å². The van der Waals surface area contributed by atoms with Gasteiger partial charge in [0, 0.05) is 43.9 Å². The van der Waals surface area contributed by atoms with Gasteiger partial charge in [-0.25, -0.2) is 0 Å². The number of benzene rings is 1. The SMILES string of the molecule is Cc1c(CN2C[C@@H](CN3CCCC3)[C@@H](CO)C2)[nH]c2c(Cl)cccc12. The molecule has 2 N–H and O–H groups in total. The van der Waals surface area contributed by atoms with Crippen molar-refractivity contribution >= 4 is 22.5 Å². The molecule has 0 saturated carbocycles. The van der Waals surface area contributed by atoms with Gasteiger partial charge in [-0.2, -0.15) is 0 Å². The van der Waals surface area contributed by atoms with Crippen LogP contribution in [0.1, 0.15) is 24.1 Å². The topological polar surface area (TPSA) is 42.5 Å². The van der Waals surface area contributed by atoms with Gasteiger partial charge >= 0.3 is 0 Å². The number of nitrogens with one attached hydrogen (secondary N) is 1. The van der Waals surface area contributed by atoms with Crippen molar-refractivity contribution in [2.24, 2.45) is 11.8 Å². The lowest BCUT2D eigenvalue weighted by Gasteiger charge is -2.23. The molecule has 25 heavy (non-hydrogen) atoms. The first-order valence-corrected chi connectivity index (χ1v) is 9.84. The van der Waals surface area contributed by atoms with Crippen LogP contribution in [0.3, 0.4) is 0 Å².